The topological polar surface area (TPSA) is 107 Å². The lowest BCUT2D eigenvalue weighted by molar-refractivity contribution is -0.185. The number of fused-ring (bicyclic) bond motifs is 3. The van der Waals surface area contributed by atoms with Gasteiger partial charge in [0, 0.05) is 31.6 Å². The van der Waals surface area contributed by atoms with Crippen LogP contribution in [-0.4, -0.2) is 41.5 Å². The fourth-order valence-electron chi connectivity index (χ4n) is 6.87. The second-order valence-electron chi connectivity index (χ2n) is 10.1. The lowest BCUT2D eigenvalue weighted by atomic mass is 9.49. The first-order valence-corrected chi connectivity index (χ1v) is 11.2. The first kappa shape index (κ1) is 23.5. The van der Waals surface area contributed by atoms with Crippen molar-refractivity contribution in [2.24, 2.45) is 34.5 Å². The van der Waals surface area contributed by atoms with Crippen molar-refractivity contribution in [3.8, 4) is 0 Å². The summed E-state index contributed by atoms with van der Waals surface area (Å²) in [5, 5.41) is 10.5. The van der Waals surface area contributed by atoms with Gasteiger partial charge in [0.2, 0.25) is 0 Å². The molecule has 2 saturated carbocycles. The third-order valence-corrected chi connectivity index (χ3v) is 8.08. The zero-order valence-corrected chi connectivity index (χ0v) is 19.1. The molecule has 2 fully saturated rings. The number of ether oxygens (including phenoxy) is 2. The summed E-state index contributed by atoms with van der Waals surface area (Å²) in [5.74, 6) is -2.30. The van der Waals surface area contributed by atoms with Crippen LogP contribution in [0.15, 0.2) is 11.6 Å². The number of hydrogen-bond donors (Lipinski definition) is 1. The number of carbonyl (C=O) groups excluding carboxylic acids is 3. The SMILES string of the molecule is CC(=O)OCC12CCC3(C(=O)O)C(C(C)C)CCC3C1C(OC(C)=O)C=C(C)C(=O)C2. The summed E-state index contributed by atoms with van der Waals surface area (Å²) in [4.78, 5) is 49.4. The first-order chi connectivity index (χ1) is 14.4. The fraction of sp³-hybridized carbons (Fsp3) is 0.750. The Labute approximate surface area is 183 Å². The van der Waals surface area contributed by atoms with Gasteiger partial charge in [-0.2, -0.15) is 0 Å². The van der Waals surface area contributed by atoms with Crippen LogP contribution in [0.5, 0.6) is 0 Å². The highest BCUT2D eigenvalue weighted by Crippen LogP contribution is 2.66. The van der Waals surface area contributed by atoms with Gasteiger partial charge in [-0.15, -0.1) is 0 Å². The molecule has 172 valence electrons. The van der Waals surface area contributed by atoms with Gasteiger partial charge in [0.05, 0.1) is 12.0 Å². The normalized spacial score (nSPS) is 37.4. The van der Waals surface area contributed by atoms with Crippen LogP contribution in [0, 0.1) is 34.5 Å². The summed E-state index contributed by atoms with van der Waals surface area (Å²) >= 11 is 0. The van der Waals surface area contributed by atoms with Crippen LogP contribution >= 0.6 is 0 Å². The molecule has 0 amide bonds. The van der Waals surface area contributed by atoms with E-state index < -0.39 is 40.8 Å². The van der Waals surface area contributed by atoms with Gasteiger partial charge in [0.25, 0.3) is 0 Å². The maximum Gasteiger partial charge on any atom is 0.310 e. The largest absolute Gasteiger partial charge is 0.481 e. The molecule has 0 heterocycles. The van der Waals surface area contributed by atoms with Gasteiger partial charge in [0.15, 0.2) is 5.78 Å². The molecular formula is C24H34O7. The highest BCUT2D eigenvalue weighted by Gasteiger charge is 2.67. The van der Waals surface area contributed by atoms with Crippen LogP contribution in [-0.2, 0) is 28.7 Å². The predicted molar refractivity (Wildman–Crippen MR) is 112 cm³/mol. The third-order valence-electron chi connectivity index (χ3n) is 8.08. The number of carbonyl (C=O) groups is 4. The average Bonchev–Trinajstić information content (AvgIpc) is 3.01. The number of rotatable bonds is 5. The lowest BCUT2D eigenvalue weighted by Gasteiger charge is -2.55. The van der Waals surface area contributed by atoms with Crippen LogP contribution in [0.4, 0.5) is 0 Å². The molecule has 31 heavy (non-hydrogen) atoms. The standard InChI is InChI=1S/C24H34O7/c1-13(2)17-6-7-18-21-20(31-16(5)26)10-14(3)19(27)11-23(21,12-30-15(4)25)8-9-24(17,18)22(28)29/h10,13,17-18,20-21H,6-9,11-12H2,1-5H3,(H,28,29). The number of esters is 2. The lowest BCUT2D eigenvalue weighted by Crippen LogP contribution is -2.58. The quantitative estimate of drug-likeness (QED) is 0.659. The van der Waals surface area contributed by atoms with Crippen molar-refractivity contribution in [3.05, 3.63) is 11.6 Å². The molecule has 0 aliphatic heterocycles. The highest BCUT2D eigenvalue weighted by molar-refractivity contribution is 5.96. The molecule has 6 atom stereocenters. The van der Waals surface area contributed by atoms with Crippen molar-refractivity contribution in [3.63, 3.8) is 0 Å². The van der Waals surface area contributed by atoms with Crippen LogP contribution in [0.25, 0.3) is 0 Å². The summed E-state index contributed by atoms with van der Waals surface area (Å²) in [6.07, 6.45) is 3.43. The Bertz CT molecular complexity index is 813. The number of allylic oxidation sites excluding steroid dienone is 1. The van der Waals surface area contributed by atoms with E-state index in [1.165, 1.54) is 13.8 Å². The van der Waals surface area contributed by atoms with Gasteiger partial charge < -0.3 is 14.6 Å². The van der Waals surface area contributed by atoms with E-state index in [-0.39, 0.29) is 36.6 Å². The molecule has 3 aliphatic rings. The summed E-state index contributed by atoms with van der Waals surface area (Å²) in [7, 11) is 0. The first-order valence-electron chi connectivity index (χ1n) is 11.2. The van der Waals surface area contributed by atoms with Crippen LogP contribution in [0.2, 0.25) is 0 Å². The smallest absolute Gasteiger partial charge is 0.310 e. The minimum atomic E-state index is -0.938. The van der Waals surface area contributed by atoms with E-state index >= 15 is 0 Å². The molecule has 0 radical (unpaired) electrons. The molecule has 6 unspecified atom stereocenters. The number of aliphatic carboxylic acids is 1. The maximum absolute atomic E-state index is 13.0. The number of carboxylic acids is 1. The van der Waals surface area contributed by atoms with E-state index in [0.29, 0.717) is 24.8 Å². The number of ketones is 1. The van der Waals surface area contributed by atoms with Gasteiger partial charge >= 0.3 is 17.9 Å². The predicted octanol–water partition coefficient (Wildman–Crippen LogP) is 3.55. The summed E-state index contributed by atoms with van der Waals surface area (Å²) in [6.45, 7) is 8.49. The van der Waals surface area contributed by atoms with E-state index in [9.17, 15) is 24.3 Å². The molecule has 0 aromatic carbocycles. The summed E-state index contributed by atoms with van der Waals surface area (Å²) in [5.41, 5.74) is -1.19. The van der Waals surface area contributed by atoms with Crippen molar-refractivity contribution in [2.45, 2.75) is 72.8 Å². The van der Waals surface area contributed by atoms with Crippen molar-refractivity contribution in [1.29, 1.82) is 0 Å². The number of Topliss-reactive ketones (excluding diaryl/α,β-unsaturated/α-hetero) is 1. The fourth-order valence-corrected chi connectivity index (χ4v) is 6.87. The number of carboxylic acid groups (broad SMARTS) is 1. The molecule has 0 aromatic rings. The van der Waals surface area contributed by atoms with E-state index in [1.54, 1.807) is 13.0 Å². The minimum absolute atomic E-state index is 0.00346. The van der Waals surface area contributed by atoms with E-state index in [4.69, 9.17) is 9.47 Å². The average molecular weight is 435 g/mol. The molecule has 3 aliphatic carbocycles. The Morgan fingerprint density at radius 2 is 1.84 bits per heavy atom. The molecular weight excluding hydrogens is 400 g/mol. The minimum Gasteiger partial charge on any atom is -0.481 e. The molecule has 0 spiro atoms. The second-order valence-corrected chi connectivity index (χ2v) is 10.1. The maximum atomic E-state index is 13.0. The Hall–Kier alpha value is -2.18. The molecule has 3 rings (SSSR count). The molecule has 1 N–H and O–H groups in total. The third kappa shape index (κ3) is 3.92. The van der Waals surface area contributed by atoms with Crippen LogP contribution in [0.3, 0.4) is 0 Å². The summed E-state index contributed by atoms with van der Waals surface area (Å²) < 4.78 is 11.2. The Balaban J connectivity index is 2.18. The molecule has 0 bridgehead atoms. The van der Waals surface area contributed by atoms with Crippen molar-refractivity contribution < 1.29 is 33.8 Å². The zero-order valence-electron chi connectivity index (χ0n) is 19.1. The molecule has 7 heteroatoms. The highest BCUT2D eigenvalue weighted by atomic mass is 16.5. The Kier molecular flexibility index (Phi) is 6.36. The van der Waals surface area contributed by atoms with Crippen molar-refractivity contribution in [1.82, 2.24) is 0 Å². The number of hydrogen-bond acceptors (Lipinski definition) is 6. The Morgan fingerprint density at radius 1 is 1.16 bits per heavy atom. The summed E-state index contributed by atoms with van der Waals surface area (Å²) in [6, 6.07) is 0. The van der Waals surface area contributed by atoms with Gasteiger partial charge in [0.1, 0.15) is 6.10 Å². The monoisotopic (exact) mass is 434 g/mol. The van der Waals surface area contributed by atoms with Crippen molar-refractivity contribution >= 4 is 23.7 Å². The van der Waals surface area contributed by atoms with Gasteiger partial charge in [-0.1, -0.05) is 13.8 Å². The Morgan fingerprint density at radius 3 is 2.39 bits per heavy atom. The van der Waals surface area contributed by atoms with Gasteiger partial charge in [-0.25, -0.2) is 0 Å². The van der Waals surface area contributed by atoms with Crippen LogP contribution < -0.4 is 0 Å². The molecule has 7 nitrogen and oxygen atoms in total. The van der Waals surface area contributed by atoms with Gasteiger partial charge in [-0.05, 0) is 62.0 Å². The molecule has 0 aromatic heterocycles. The van der Waals surface area contributed by atoms with E-state index in [0.717, 1.165) is 6.42 Å². The van der Waals surface area contributed by atoms with Crippen LogP contribution in [0.1, 0.15) is 66.7 Å². The van der Waals surface area contributed by atoms with E-state index in [2.05, 4.69) is 13.8 Å². The van der Waals surface area contributed by atoms with Crippen molar-refractivity contribution in [2.75, 3.05) is 6.61 Å². The zero-order chi connectivity index (χ0) is 23.1. The van der Waals surface area contributed by atoms with Gasteiger partial charge in [-0.3, -0.25) is 19.2 Å². The van der Waals surface area contributed by atoms with E-state index in [1.807, 2.05) is 0 Å². The second kappa shape index (κ2) is 8.40. The molecule has 0 saturated heterocycles.